The zero-order valence-corrected chi connectivity index (χ0v) is 11.9. The molecule has 0 unspecified atom stereocenters. The average molecular weight is 261 g/mol. The summed E-state index contributed by atoms with van der Waals surface area (Å²) in [5.74, 6) is 2.57. The first-order chi connectivity index (χ1) is 9.22. The summed E-state index contributed by atoms with van der Waals surface area (Å²) in [6, 6.07) is 4.08. The van der Waals surface area contributed by atoms with E-state index in [1.165, 1.54) is 32.1 Å². The van der Waals surface area contributed by atoms with Crippen molar-refractivity contribution in [3.8, 4) is 5.88 Å². The standard InChI is InChI=1S/C16H23NO2/c1-11-5-14(10-18-2)9-16(17-11)19-15-7-12-3-4-13(6-12)8-15/h5,9,12-13,15H,3-4,6-8,10H2,1-2H3/t12-,13+,15-. The molecule has 0 aliphatic heterocycles. The van der Waals surface area contributed by atoms with Crippen LogP contribution in [-0.2, 0) is 11.3 Å². The minimum atomic E-state index is 0.371. The first-order valence-electron chi connectivity index (χ1n) is 7.36. The van der Waals surface area contributed by atoms with E-state index in [1.54, 1.807) is 7.11 Å². The van der Waals surface area contributed by atoms with Crippen molar-refractivity contribution < 1.29 is 9.47 Å². The Kier molecular flexibility index (Phi) is 3.74. The third-order valence-electron chi connectivity index (χ3n) is 4.43. The topological polar surface area (TPSA) is 31.4 Å². The first kappa shape index (κ1) is 12.9. The molecule has 2 fully saturated rings. The maximum atomic E-state index is 6.14. The van der Waals surface area contributed by atoms with Gasteiger partial charge in [-0.2, -0.15) is 0 Å². The monoisotopic (exact) mass is 261 g/mol. The summed E-state index contributed by atoms with van der Waals surface area (Å²) in [6.07, 6.45) is 7.03. The molecule has 3 atom stereocenters. The van der Waals surface area contributed by atoms with Gasteiger partial charge in [0.05, 0.1) is 6.61 Å². The van der Waals surface area contributed by atoms with Crippen LogP contribution >= 0.6 is 0 Å². The highest BCUT2D eigenvalue weighted by Gasteiger charge is 2.35. The van der Waals surface area contributed by atoms with Gasteiger partial charge in [0.1, 0.15) is 6.10 Å². The van der Waals surface area contributed by atoms with Crippen molar-refractivity contribution in [3.05, 3.63) is 23.4 Å². The third kappa shape index (κ3) is 3.08. The fourth-order valence-corrected chi connectivity index (χ4v) is 3.73. The Morgan fingerprint density at radius 1 is 1.16 bits per heavy atom. The molecule has 2 saturated carbocycles. The van der Waals surface area contributed by atoms with Crippen LogP contribution in [0.4, 0.5) is 0 Å². The molecule has 104 valence electrons. The van der Waals surface area contributed by atoms with Crippen molar-refractivity contribution in [1.29, 1.82) is 0 Å². The zero-order chi connectivity index (χ0) is 13.2. The minimum Gasteiger partial charge on any atom is -0.474 e. The predicted octanol–water partition coefficient (Wildman–Crippen LogP) is 3.49. The third-order valence-corrected chi connectivity index (χ3v) is 4.43. The van der Waals surface area contributed by atoms with E-state index in [2.05, 4.69) is 11.1 Å². The number of hydrogen-bond donors (Lipinski definition) is 0. The van der Waals surface area contributed by atoms with E-state index < -0.39 is 0 Å². The number of rotatable bonds is 4. The van der Waals surface area contributed by atoms with Crippen LogP contribution in [-0.4, -0.2) is 18.2 Å². The molecule has 0 radical (unpaired) electrons. The number of pyridine rings is 1. The highest BCUT2D eigenvalue weighted by atomic mass is 16.5. The van der Waals surface area contributed by atoms with Crippen molar-refractivity contribution in [2.45, 2.75) is 51.7 Å². The molecule has 0 saturated heterocycles. The van der Waals surface area contributed by atoms with Crippen molar-refractivity contribution in [3.63, 3.8) is 0 Å². The fourth-order valence-electron chi connectivity index (χ4n) is 3.73. The zero-order valence-electron chi connectivity index (χ0n) is 11.9. The van der Waals surface area contributed by atoms with E-state index in [0.29, 0.717) is 12.7 Å². The molecule has 1 aromatic rings. The summed E-state index contributed by atoms with van der Waals surface area (Å²) in [7, 11) is 1.72. The van der Waals surface area contributed by atoms with Gasteiger partial charge in [-0.3, -0.25) is 0 Å². The summed E-state index contributed by atoms with van der Waals surface area (Å²) in [6.45, 7) is 2.63. The van der Waals surface area contributed by atoms with Crippen LogP contribution in [0.1, 0.15) is 43.4 Å². The van der Waals surface area contributed by atoms with Gasteiger partial charge in [0.2, 0.25) is 5.88 Å². The summed E-state index contributed by atoms with van der Waals surface area (Å²) < 4.78 is 11.3. The van der Waals surface area contributed by atoms with Gasteiger partial charge in [-0.05, 0) is 49.7 Å². The van der Waals surface area contributed by atoms with Crippen LogP contribution < -0.4 is 4.74 Å². The number of methoxy groups -OCH3 is 1. The van der Waals surface area contributed by atoms with Gasteiger partial charge < -0.3 is 9.47 Å². The Labute approximate surface area is 115 Å². The van der Waals surface area contributed by atoms with Crippen LogP contribution in [0.25, 0.3) is 0 Å². The molecule has 2 aliphatic carbocycles. The van der Waals surface area contributed by atoms with Gasteiger partial charge >= 0.3 is 0 Å². The quantitative estimate of drug-likeness (QED) is 0.831. The second-order valence-electron chi connectivity index (χ2n) is 6.14. The van der Waals surface area contributed by atoms with E-state index in [4.69, 9.17) is 9.47 Å². The molecule has 3 nitrogen and oxygen atoms in total. The van der Waals surface area contributed by atoms with E-state index in [0.717, 1.165) is 29.0 Å². The molecule has 0 amide bonds. The van der Waals surface area contributed by atoms with Gasteiger partial charge in [0.15, 0.2) is 0 Å². The van der Waals surface area contributed by atoms with E-state index in [9.17, 15) is 0 Å². The number of ether oxygens (including phenoxy) is 2. The van der Waals surface area contributed by atoms with Crippen molar-refractivity contribution in [1.82, 2.24) is 4.98 Å². The van der Waals surface area contributed by atoms with Gasteiger partial charge in [0.25, 0.3) is 0 Å². The molecule has 0 N–H and O–H groups in total. The summed E-state index contributed by atoms with van der Waals surface area (Å²) in [5.41, 5.74) is 2.15. The highest BCUT2D eigenvalue weighted by molar-refractivity contribution is 5.24. The number of aryl methyl sites for hydroxylation is 1. The second kappa shape index (κ2) is 5.49. The lowest BCUT2D eigenvalue weighted by molar-refractivity contribution is 0.113. The largest absolute Gasteiger partial charge is 0.474 e. The number of aromatic nitrogens is 1. The molecule has 1 heterocycles. The summed E-state index contributed by atoms with van der Waals surface area (Å²) in [5, 5.41) is 0. The number of hydrogen-bond acceptors (Lipinski definition) is 3. The Morgan fingerprint density at radius 3 is 2.58 bits per heavy atom. The fraction of sp³-hybridized carbons (Fsp3) is 0.688. The molecule has 3 rings (SSSR count). The van der Waals surface area contributed by atoms with Gasteiger partial charge in [-0.15, -0.1) is 0 Å². The van der Waals surface area contributed by atoms with Crippen LogP contribution in [0.3, 0.4) is 0 Å². The molecular formula is C16H23NO2. The Morgan fingerprint density at radius 2 is 1.89 bits per heavy atom. The average Bonchev–Trinajstić information content (AvgIpc) is 2.68. The van der Waals surface area contributed by atoms with Gasteiger partial charge in [0, 0.05) is 18.9 Å². The molecule has 3 heteroatoms. The van der Waals surface area contributed by atoms with Crippen molar-refractivity contribution in [2.24, 2.45) is 11.8 Å². The van der Waals surface area contributed by atoms with Crippen molar-refractivity contribution in [2.75, 3.05) is 7.11 Å². The van der Waals surface area contributed by atoms with Crippen LogP contribution in [0.15, 0.2) is 12.1 Å². The highest BCUT2D eigenvalue weighted by Crippen LogP contribution is 2.42. The number of nitrogens with zero attached hydrogens (tertiary/aromatic N) is 1. The molecule has 19 heavy (non-hydrogen) atoms. The SMILES string of the molecule is COCc1cc(C)nc(O[C@@H]2C[C@@H]3CC[C@@H](C3)C2)c1. The molecule has 1 aromatic heterocycles. The van der Waals surface area contributed by atoms with E-state index in [-0.39, 0.29) is 0 Å². The Bertz CT molecular complexity index is 434. The molecular weight excluding hydrogens is 238 g/mol. The van der Waals surface area contributed by atoms with Crippen LogP contribution in [0.5, 0.6) is 5.88 Å². The smallest absolute Gasteiger partial charge is 0.214 e. The van der Waals surface area contributed by atoms with Gasteiger partial charge in [-0.25, -0.2) is 4.98 Å². The maximum absolute atomic E-state index is 6.14. The Balaban J connectivity index is 1.68. The Hall–Kier alpha value is -1.09. The first-order valence-corrected chi connectivity index (χ1v) is 7.36. The lowest BCUT2D eigenvalue weighted by atomic mass is 9.87. The normalized spacial score (nSPS) is 29.5. The summed E-state index contributed by atoms with van der Waals surface area (Å²) >= 11 is 0. The molecule has 0 aromatic carbocycles. The predicted molar refractivity (Wildman–Crippen MR) is 74.2 cm³/mol. The summed E-state index contributed by atoms with van der Waals surface area (Å²) in [4.78, 5) is 4.50. The van der Waals surface area contributed by atoms with E-state index >= 15 is 0 Å². The lowest BCUT2D eigenvalue weighted by Crippen LogP contribution is -2.26. The lowest BCUT2D eigenvalue weighted by Gasteiger charge is -2.28. The maximum Gasteiger partial charge on any atom is 0.214 e. The molecule has 2 aliphatic rings. The van der Waals surface area contributed by atoms with Crippen molar-refractivity contribution >= 4 is 0 Å². The van der Waals surface area contributed by atoms with Gasteiger partial charge in [-0.1, -0.05) is 12.8 Å². The minimum absolute atomic E-state index is 0.371. The van der Waals surface area contributed by atoms with E-state index in [1.807, 2.05) is 13.0 Å². The molecule has 2 bridgehead atoms. The number of fused-ring (bicyclic) bond motifs is 2. The van der Waals surface area contributed by atoms with Crippen LogP contribution in [0, 0.1) is 18.8 Å². The second-order valence-corrected chi connectivity index (χ2v) is 6.14. The molecule has 0 spiro atoms. The van der Waals surface area contributed by atoms with Crippen LogP contribution in [0.2, 0.25) is 0 Å².